The van der Waals surface area contributed by atoms with Crippen LogP contribution in [0, 0.1) is 23.7 Å². The predicted molar refractivity (Wildman–Crippen MR) is 110 cm³/mol. The van der Waals surface area contributed by atoms with Crippen LogP contribution in [0.3, 0.4) is 0 Å². The third-order valence-corrected chi connectivity index (χ3v) is 7.42. The molecular weight excluding hydrogens is 324 g/mol. The van der Waals surface area contributed by atoms with Gasteiger partial charge in [-0.2, -0.15) is 0 Å². The number of halogens is 1. The van der Waals surface area contributed by atoms with Crippen LogP contribution in [0.25, 0.3) is 0 Å². The summed E-state index contributed by atoms with van der Waals surface area (Å²) in [6.45, 7) is 2.33. The molecular formula is C24H37Cl. The van der Waals surface area contributed by atoms with Gasteiger partial charge in [0.25, 0.3) is 0 Å². The largest absolute Gasteiger partial charge is 0.0843 e. The predicted octanol–water partition coefficient (Wildman–Crippen LogP) is 8.08. The molecule has 0 heterocycles. The highest BCUT2D eigenvalue weighted by molar-refractivity contribution is 6.30. The molecule has 0 nitrogen and oxygen atoms in total. The zero-order valence-corrected chi connectivity index (χ0v) is 16.9. The maximum atomic E-state index is 5.98. The summed E-state index contributed by atoms with van der Waals surface area (Å²) in [4.78, 5) is 0. The summed E-state index contributed by atoms with van der Waals surface area (Å²) in [6, 6.07) is 8.46. The van der Waals surface area contributed by atoms with E-state index in [-0.39, 0.29) is 0 Å². The number of unbranched alkanes of at least 4 members (excludes halogenated alkanes) is 1. The van der Waals surface area contributed by atoms with Gasteiger partial charge in [-0.1, -0.05) is 75.6 Å². The Hall–Kier alpha value is -0.490. The normalized spacial score (nSPS) is 30.3. The highest BCUT2D eigenvalue weighted by Crippen LogP contribution is 2.43. The van der Waals surface area contributed by atoms with Gasteiger partial charge in [0.2, 0.25) is 0 Å². The van der Waals surface area contributed by atoms with Crippen LogP contribution in [-0.4, -0.2) is 0 Å². The molecule has 0 spiro atoms. The summed E-state index contributed by atoms with van der Waals surface area (Å²) >= 11 is 5.98. The minimum Gasteiger partial charge on any atom is -0.0843 e. The molecule has 0 bridgehead atoms. The average molecular weight is 361 g/mol. The fourth-order valence-electron chi connectivity index (χ4n) is 5.41. The molecule has 3 rings (SSSR count). The molecule has 2 aliphatic rings. The van der Waals surface area contributed by atoms with Crippen molar-refractivity contribution in [2.45, 2.75) is 90.4 Å². The Morgan fingerprint density at radius 2 is 1.28 bits per heavy atom. The Balaban J connectivity index is 1.34. The third kappa shape index (κ3) is 6.02. The number of hydrogen-bond donors (Lipinski definition) is 0. The molecule has 0 atom stereocenters. The Morgan fingerprint density at radius 1 is 0.760 bits per heavy atom. The molecule has 1 aromatic rings. The van der Waals surface area contributed by atoms with Gasteiger partial charge >= 0.3 is 0 Å². The van der Waals surface area contributed by atoms with E-state index in [0.717, 1.165) is 28.7 Å². The molecule has 0 unspecified atom stereocenters. The molecule has 25 heavy (non-hydrogen) atoms. The van der Waals surface area contributed by atoms with Crippen molar-refractivity contribution in [3.8, 4) is 0 Å². The molecule has 140 valence electrons. The van der Waals surface area contributed by atoms with Gasteiger partial charge in [0.1, 0.15) is 0 Å². The van der Waals surface area contributed by atoms with Crippen LogP contribution in [0.15, 0.2) is 24.3 Å². The lowest BCUT2D eigenvalue weighted by atomic mass is 9.68. The Kier molecular flexibility index (Phi) is 7.71. The number of hydrogen-bond acceptors (Lipinski definition) is 0. The van der Waals surface area contributed by atoms with Gasteiger partial charge in [0.15, 0.2) is 0 Å². The molecule has 2 aliphatic carbocycles. The van der Waals surface area contributed by atoms with Crippen LogP contribution in [0.4, 0.5) is 0 Å². The minimum absolute atomic E-state index is 0.855. The van der Waals surface area contributed by atoms with Crippen molar-refractivity contribution in [2.75, 3.05) is 0 Å². The lowest BCUT2D eigenvalue weighted by Gasteiger charge is -2.38. The Labute approximate surface area is 160 Å². The highest BCUT2D eigenvalue weighted by Gasteiger charge is 2.30. The summed E-state index contributed by atoms with van der Waals surface area (Å²) < 4.78 is 0. The fourth-order valence-corrected chi connectivity index (χ4v) is 5.54. The van der Waals surface area contributed by atoms with Crippen LogP contribution in [0.5, 0.6) is 0 Å². The lowest BCUT2D eigenvalue weighted by Crippen LogP contribution is -2.26. The summed E-state index contributed by atoms with van der Waals surface area (Å²) in [6.07, 6.45) is 19.0. The number of rotatable bonds is 7. The summed E-state index contributed by atoms with van der Waals surface area (Å²) in [5.41, 5.74) is 1.46. The minimum atomic E-state index is 0.855. The van der Waals surface area contributed by atoms with Crippen molar-refractivity contribution in [1.82, 2.24) is 0 Å². The zero-order chi connectivity index (χ0) is 17.5. The van der Waals surface area contributed by atoms with Crippen molar-refractivity contribution >= 4 is 11.6 Å². The first kappa shape index (κ1) is 19.3. The average Bonchev–Trinajstić information content (AvgIpc) is 2.67. The van der Waals surface area contributed by atoms with Crippen LogP contribution in [0.2, 0.25) is 5.02 Å². The van der Waals surface area contributed by atoms with E-state index in [2.05, 4.69) is 19.1 Å². The van der Waals surface area contributed by atoms with Gasteiger partial charge in [-0.25, -0.2) is 0 Å². The second-order valence-electron chi connectivity index (χ2n) is 8.87. The molecule has 2 saturated carbocycles. The van der Waals surface area contributed by atoms with Crippen molar-refractivity contribution in [3.05, 3.63) is 34.9 Å². The first-order valence-electron chi connectivity index (χ1n) is 11.0. The molecule has 2 fully saturated rings. The van der Waals surface area contributed by atoms with Crippen LogP contribution in [0.1, 0.15) is 89.5 Å². The van der Waals surface area contributed by atoms with E-state index in [9.17, 15) is 0 Å². The summed E-state index contributed by atoms with van der Waals surface area (Å²) in [7, 11) is 0. The van der Waals surface area contributed by atoms with Gasteiger partial charge in [-0.05, 0) is 79.9 Å². The molecule has 0 aliphatic heterocycles. The second-order valence-corrected chi connectivity index (χ2v) is 9.31. The molecule has 0 amide bonds. The molecule has 1 aromatic carbocycles. The Morgan fingerprint density at radius 3 is 1.80 bits per heavy atom. The quantitative estimate of drug-likeness (QED) is 0.461. The summed E-state index contributed by atoms with van der Waals surface area (Å²) in [5.74, 6) is 4.15. The van der Waals surface area contributed by atoms with E-state index in [1.807, 2.05) is 12.1 Å². The first-order valence-corrected chi connectivity index (χ1v) is 11.4. The van der Waals surface area contributed by atoms with Crippen LogP contribution in [-0.2, 0) is 6.42 Å². The fraction of sp³-hybridized carbons (Fsp3) is 0.750. The first-order chi connectivity index (χ1) is 12.2. The lowest BCUT2D eigenvalue weighted by molar-refractivity contribution is 0.140. The highest BCUT2D eigenvalue weighted by atomic mass is 35.5. The van der Waals surface area contributed by atoms with Crippen molar-refractivity contribution < 1.29 is 0 Å². The molecule has 0 saturated heterocycles. The summed E-state index contributed by atoms with van der Waals surface area (Å²) in [5, 5.41) is 0.855. The third-order valence-electron chi connectivity index (χ3n) is 7.17. The maximum Gasteiger partial charge on any atom is 0.0406 e. The van der Waals surface area contributed by atoms with Crippen LogP contribution < -0.4 is 0 Å². The van der Waals surface area contributed by atoms with E-state index in [1.165, 1.54) is 89.0 Å². The molecule has 0 aromatic heterocycles. The van der Waals surface area contributed by atoms with E-state index in [4.69, 9.17) is 11.6 Å². The van der Waals surface area contributed by atoms with Gasteiger partial charge < -0.3 is 0 Å². The molecule has 0 radical (unpaired) electrons. The topological polar surface area (TPSA) is 0 Å². The van der Waals surface area contributed by atoms with E-state index in [0.29, 0.717) is 0 Å². The van der Waals surface area contributed by atoms with Crippen molar-refractivity contribution in [2.24, 2.45) is 23.7 Å². The number of aryl methyl sites for hydroxylation is 1. The second kappa shape index (κ2) is 10.0. The standard InChI is InChI=1S/C24H37Cl/c1-2-3-4-19-7-13-22(14-8-19)23-15-9-20(10-16-23)5-6-21-11-17-24(25)18-12-21/h11-12,17-20,22-23H,2-10,13-16H2,1H3/t19-,20-,22-,23-. The van der Waals surface area contributed by atoms with Gasteiger partial charge in [-0.3, -0.25) is 0 Å². The monoisotopic (exact) mass is 360 g/mol. The SMILES string of the molecule is CCCC[C@H]1CC[C@H]([C@H]2CC[C@H](CCc3ccc(Cl)cc3)CC2)CC1. The van der Waals surface area contributed by atoms with Gasteiger partial charge in [0.05, 0.1) is 0 Å². The molecule has 0 N–H and O–H groups in total. The van der Waals surface area contributed by atoms with Crippen LogP contribution >= 0.6 is 11.6 Å². The van der Waals surface area contributed by atoms with Crippen molar-refractivity contribution in [3.63, 3.8) is 0 Å². The van der Waals surface area contributed by atoms with E-state index < -0.39 is 0 Å². The zero-order valence-electron chi connectivity index (χ0n) is 16.2. The van der Waals surface area contributed by atoms with E-state index in [1.54, 1.807) is 0 Å². The Bertz CT molecular complexity index is 475. The molecule has 1 heteroatoms. The van der Waals surface area contributed by atoms with Gasteiger partial charge in [-0.15, -0.1) is 0 Å². The van der Waals surface area contributed by atoms with Crippen molar-refractivity contribution in [1.29, 1.82) is 0 Å². The maximum absolute atomic E-state index is 5.98. The number of benzene rings is 1. The van der Waals surface area contributed by atoms with Gasteiger partial charge in [0, 0.05) is 5.02 Å². The smallest absolute Gasteiger partial charge is 0.0406 e. The van der Waals surface area contributed by atoms with E-state index >= 15 is 0 Å².